The summed E-state index contributed by atoms with van der Waals surface area (Å²) in [5.74, 6) is -0.130. The van der Waals surface area contributed by atoms with Crippen molar-refractivity contribution in [2.75, 3.05) is 26.3 Å². The first-order chi connectivity index (χ1) is 12.8. The quantitative estimate of drug-likeness (QED) is 0.740. The van der Waals surface area contributed by atoms with Crippen molar-refractivity contribution in [1.29, 1.82) is 0 Å². The van der Waals surface area contributed by atoms with Gasteiger partial charge in [0.15, 0.2) is 0 Å². The van der Waals surface area contributed by atoms with Crippen LogP contribution in [0.2, 0.25) is 0 Å². The van der Waals surface area contributed by atoms with Gasteiger partial charge in [-0.15, -0.1) is 0 Å². The standard InChI is InChI=1S/C23H33NO3/c1-16(17(2)22(25)27-23(3,4)5)19-11-10-18-8-6-7-9-20(18)21(19)24-12-14-26-15-13-24/h6-9,16-17H,10-15H2,1-5H3/t16-,17+/m0/s1. The largest absolute Gasteiger partial charge is 0.460 e. The summed E-state index contributed by atoms with van der Waals surface area (Å²) in [7, 11) is 0. The van der Waals surface area contributed by atoms with Crippen LogP contribution in [0.5, 0.6) is 0 Å². The molecule has 0 radical (unpaired) electrons. The molecule has 0 saturated carbocycles. The van der Waals surface area contributed by atoms with E-state index in [1.807, 2.05) is 27.7 Å². The molecule has 27 heavy (non-hydrogen) atoms. The van der Waals surface area contributed by atoms with Crippen LogP contribution in [-0.2, 0) is 20.7 Å². The Kier molecular flexibility index (Phi) is 5.95. The van der Waals surface area contributed by atoms with Crippen LogP contribution in [0.15, 0.2) is 29.8 Å². The zero-order valence-electron chi connectivity index (χ0n) is 17.4. The van der Waals surface area contributed by atoms with Crippen molar-refractivity contribution < 1.29 is 14.3 Å². The number of esters is 1. The Bertz CT molecular complexity index is 711. The van der Waals surface area contributed by atoms with E-state index in [9.17, 15) is 4.79 Å². The van der Waals surface area contributed by atoms with Gasteiger partial charge in [-0.3, -0.25) is 4.79 Å². The number of benzene rings is 1. The predicted molar refractivity (Wildman–Crippen MR) is 108 cm³/mol. The maximum Gasteiger partial charge on any atom is 0.309 e. The number of rotatable bonds is 4. The summed E-state index contributed by atoms with van der Waals surface area (Å²) in [6, 6.07) is 8.69. The number of fused-ring (bicyclic) bond motifs is 1. The maximum atomic E-state index is 12.7. The normalized spacial score (nSPS) is 20.1. The van der Waals surface area contributed by atoms with E-state index < -0.39 is 5.60 Å². The zero-order chi connectivity index (χ0) is 19.6. The highest BCUT2D eigenvalue weighted by molar-refractivity contribution is 5.76. The number of aryl methyl sites for hydroxylation is 1. The molecule has 0 amide bonds. The van der Waals surface area contributed by atoms with Crippen LogP contribution >= 0.6 is 0 Å². The van der Waals surface area contributed by atoms with Gasteiger partial charge in [0.05, 0.1) is 19.1 Å². The molecule has 1 fully saturated rings. The Labute approximate surface area is 163 Å². The van der Waals surface area contributed by atoms with Crippen molar-refractivity contribution in [2.45, 2.75) is 53.1 Å². The van der Waals surface area contributed by atoms with Gasteiger partial charge in [-0.1, -0.05) is 38.1 Å². The van der Waals surface area contributed by atoms with Gasteiger partial charge < -0.3 is 14.4 Å². The highest BCUT2D eigenvalue weighted by Gasteiger charge is 2.33. The SMILES string of the molecule is C[C@H](C1=C(N2CCOCC2)c2ccccc2CC1)[C@@H](C)C(=O)OC(C)(C)C. The van der Waals surface area contributed by atoms with Crippen LogP contribution in [0.4, 0.5) is 0 Å². The number of allylic oxidation sites excluding steroid dienone is 1. The minimum atomic E-state index is -0.453. The molecule has 4 heteroatoms. The molecule has 1 heterocycles. The first-order valence-corrected chi connectivity index (χ1v) is 10.1. The third-order valence-corrected chi connectivity index (χ3v) is 5.65. The summed E-state index contributed by atoms with van der Waals surface area (Å²) < 4.78 is 11.2. The molecule has 2 aliphatic rings. The number of ether oxygens (including phenoxy) is 2. The summed E-state index contributed by atoms with van der Waals surface area (Å²) in [5, 5.41) is 0. The number of carbonyl (C=O) groups is 1. The molecule has 0 bridgehead atoms. The van der Waals surface area contributed by atoms with E-state index in [1.54, 1.807) is 0 Å². The Balaban J connectivity index is 1.95. The molecular formula is C23H33NO3. The molecule has 4 nitrogen and oxygen atoms in total. The van der Waals surface area contributed by atoms with Crippen LogP contribution in [0.1, 0.15) is 52.2 Å². The number of carbonyl (C=O) groups excluding carboxylic acids is 1. The van der Waals surface area contributed by atoms with Gasteiger partial charge in [0, 0.05) is 24.4 Å². The number of hydrogen-bond donors (Lipinski definition) is 0. The minimum absolute atomic E-state index is 0.109. The fraction of sp³-hybridized carbons (Fsp3) is 0.609. The Morgan fingerprint density at radius 1 is 1.11 bits per heavy atom. The van der Waals surface area contributed by atoms with Crippen molar-refractivity contribution in [2.24, 2.45) is 11.8 Å². The van der Waals surface area contributed by atoms with Crippen molar-refractivity contribution in [3.05, 3.63) is 41.0 Å². The number of morpholine rings is 1. The van der Waals surface area contributed by atoms with E-state index in [1.165, 1.54) is 22.4 Å². The lowest BCUT2D eigenvalue weighted by atomic mass is 9.78. The lowest BCUT2D eigenvalue weighted by Crippen LogP contribution is -2.38. The second-order valence-electron chi connectivity index (χ2n) is 8.74. The van der Waals surface area contributed by atoms with Crippen molar-refractivity contribution in [3.63, 3.8) is 0 Å². The average Bonchev–Trinajstić information content (AvgIpc) is 2.65. The third-order valence-electron chi connectivity index (χ3n) is 5.65. The molecular weight excluding hydrogens is 338 g/mol. The highest BCUT2D eigenvalue weighted by Crippen LogP contribution is 2.40. The molecule has 148 valence electrons. The molecule has 1 aliphatic carbocycles. The Morgan fingerprint density at radius 2 is 1.78 bits per heavy atom. The number of hydrogen-bond acceptors (Lipinski definition) is 4. The molecule has 0 N–H and O–H groups in total. The highest BCUT2D eigenvalue weighted by atomic mass is 16.6. The zero-order valence-corrected chi connectivity index (χ0v) is 17.4. The van der Waals surface area contributed by atoms with Gasteiger partial charge in [-0.05, 0) is 50.7 Å². The van der Waals surface area contributed by atoms with Crippen LogP contribution < -0.4 is 0 Å². The number of nitrogens with zero attached hydrogens (tertiary/aromatic N) is 1. The molecule has 2 atom stereocenters. The first-order valence-electron chi connectivity index (χ1n) is 10.1. The van der Waals surface area contributed by atoms with Crippen LogP contribution in [0.25, 0.3) is 5.70 Å². The average molecular weight is 372 g/mol. The van der Waals surface area contributed by atoms with E-state index in [2.05, 4.69) is 36.1 Å². The summed E-state index contributed by atoms with van der Waals surface area (Å²) in [4.78, 5) is 15.1. The third kappa shape index (κ3) is 4.55. The maximum absolute atomic E-state index is 12.7. The lowest BCUT2D eigenvalue weighted by Gasteiger charge is -2.38. The fourth-order valence-electron chi connectivity index (χ4n) is 4.03. The molecule has 0 aromatic heterocycles. The van der Waals surface area contributed by atoms with Gasteiger partial charge in [-0.2, -0.15) is 0 Å². The second-order valence-corrected chi connectivity index (χ2v) is 8.74. The first kappa shape index (κ1) is 19.9. The monoisotopic (exact) mass is 371 g/mol. The molecule has 1 saturated heterocycles. The topological polar surface area (TPSA) is 38.8 Å². The summed E-state index contributed by atoms with van der Waals surface area (Å²) in [6.45, 7) is 13.3. The van der Waals surface area contributed by atoms with Gasteiger partial charge in [0.1, 0.15) is 5.60 Å². The minimum Gasteiger partial charge on any atom is -0.460 e. The summed E-state index contributed by atoms with van der Waals surface area (Å²) in [6.07, 6.45) is 2.03. The van der Waals surface area contributed by atoms with Gasteiger partial charge in [-0.25, -0.2) is 0 Å². The summed E-state index contributed by atoms with van der Waals surface area (Å²) in [5.41, 5.74) is 4.98. The molecule has 0 unspecified atom stereocenters. The molecule has 1 aromatic rings. The molecule has 1 aromatic carbocycles. The smallest absolute Gasteiger partial charge is 0.309 e. The summed E-state index contributed by atoms with van der Waals surface area (Å²) >= 11 is 0. The van der Waals surface area contributed by atoms with E-state index >= 15 is 0 Å². The van der Waals surface area contributed by atoms with Crippen molar-refractivity contribution in [3.8, 4) is 0 Å². The molecule has 0 spiro atoms. The Morgan fingerprint density at radius 3 is 2.44 bits per heavy atom. The lowest BCUT2D eigenvalue weighted by molar-refractivity contribution is -0.160. The Hall–Kier alpha value is -1.81. The van der Waals surface area contributed by atoms with Crippen LogP contribution in [0, 0.1) is 11.8 Å². The van der Waals surface area contributed by atoms with Crippen molar-refractivity contribution >= 4 is 11.7 Å². The van der Waals surface area contributed by atoms with Gasteiger partial charge in [0.25, 0.3) is 0 Å². The molecule has 3 rings (SSSR count). The molecule has 1 aliphatic heterocycles. The van der Waals surface area contributed by atoms with E-state index in [0.29, 0.717) is 0 Å². The van der Waals surface area contributed by atoms with E-state index in [0.717, 1.165) is 39.1 Å². The van der Waals surface area contributed by atoms with Crippen LogP contribution in [0.3, 0.4) is 0 Å². The van der Waals surface area contributed by atoms with Crippen LogP contribution in [-0.4, -0.2) is 42.8 Å². The van der Waals surface area contributed by atoms with Gasteiger partial charge >= 0.3 is 5.97 Å². The van der Waals surface area contributed by atoms with Crippen molar-refractivity contribution in [1.82, 2.24) is 4.90 Å². The van der Waals surface area contributed by atoms with E-state index in [-0.39, 0.29) is 17.8 Å². The van der Waals surface area contributed by atoms with Gasteiger partial charge in [0.2, 0.25) is 0 Å². The predicted octanol–water partition coefficient (Wildman–Crippen LogP) is 4.29. The van der Waals surface area contributed by atoms with E-state index in [4.69, 9.17) is 9.47 Å². The fourth-order valence-corrected chi connectivity index (χ4v) is 4.03. The second kappa shape index (κ2) is 8.05.